The van der Waals surface area contributed by atoms with E-state index in [0.717, 1.165) is 23.2 Å². The maximum atomic E-state index is 10.9. The smallest absolute Gasteiger partial charge is 0.160 e. The van der Waals surface area contributed by atoms with Crippen LogP contribution >= 0.6 is 11.3 Å². The van der Waals surface area contributed by atoms with E-state index in [1.54, 1.807) is 14.2 Å². The predicted octanol–water partition coefficient (Wildman–Crippen LogP) is 3.24. The van der Waals surface area contributed by atoms with Crippen LogP contribution in [0.25, 0.3) is 11.1 Å². The van der Waals surface area contributed by atoms with Gasteiger partial charge in [0.2, 0.25) is 0 Å². The summed E-state index contributed by atoms with van der Waals surface area (Å²) in [7, 11) is 3.21. The van der Waals surface area contributed by atoms with Gasteiger partial charge in [0.1, 0.15) is 11.5 Å². The third kappa shape index (κ3) is 2.17. The fourth-order valence-corrected chi connectivity index (χ4v) is 2.37. The number of carbonyl (C=O) groups excluding carboxylic acids is 1. The molecule has 88 valence electrons. The lowest BCUT2D eigenvalue weighted by Gasteiger charge is -2.09. The first-order valence-corrected chi connectivity index (χ1v) is 5.93. The van der Waals surface area contributed by atoms with Gasteiger partial charge in [-0.25, -0.2) is 0 Å². The molecule has 4 heteroatoms. The van der Waals surface area contributed by atoms with Gasteiger partial charge < -0.3 is 9.47 Å². The van der Waals surface area contributed by atoms with Crippen molar-refractivity contribution in [3.8, 4) is 22.6 Å². The van der Waals surface area contributed by atoms with E-state index in [9.17, 15) is 4.79 Å². The van der Waals surface area contributed by atoms with Crippen LogP contribution in [0.5, 0.6) is 11.5 Å². The zero-order chi connectivity index (χ0) is 12.3. The molecule has 0 unspecified atom stereocenters. The van der Waals surface area contributed by atoms with E-state index in [-0.39, 0.29) is 0 Å². The molecule has 17 heavy (non-hydrogen) atoms. The first-order chi connectivity index (χ1) is 8.30. The fraction of sp³-hybridized carbons (Fsp3) is 0.154. The Labute approximate surface area is 104 Å². The average Bonchev–Trinajstić information content (AvgIpc) is 2.85. The molecule has 0 aliphatic carbocycles. The van der Waals surface area contributed by atoms with E-state index in [0.29, 0.717) is 10.6 Å². The summed E-state index contributed by atoms with van der Waals surface area (Å²) in [6.45, 7) is 0. The lowest BCUT2D eigenvalue weighted by Crippen LogP contribution is -1.91. The van der Waals surface area contributed by atoms with E-state index in [1.807, 2.05) is 29.6 Å². The summed E-state index contributed by atoms with van der Waals surface area (Å²) in [5.41, 5.74) is 1.79. The van der Waals surface area contributed by atoms with Gasteiger partial charge >= 0.3 is 0 Å². The van der Waals surface area contributed by atoms with E-state index < -0.39 is 0 Å². The van der Waals surface area contributed by atoms with Crippen LogP contribution in [0.4, 0.5) is 0 Å². The Morgan fingerprint density at radius 1 is 1.12 bits per heavy atom. The summed E-state index contributed by atoms with van der Waals surface area (Å²) >= 11 is 1.42. The molecule has 0 saturated carbocycles. The van der Waals surface area contributed by atoms with Crippen molar-refractivity contribution in [2.24, 2.45) is 0 Å². The van der Waals surface area contributed by atoms with E-state index in [2.05, 4.69) is 0 Å². The SMILES string of the molecule is COc1ccc(-c2ccsc2C=O)c(OC)c1. The van der Waals surface area contributed by atoms with E-state index in [4.69, 9.17) is 9.47 Å². The van der Waals surface area contributed by atoms with Crippen molar-refractivity contribution in [2.75, 3.05) is 14.2 Å². The van der Waals surface area contributed by atoms with Crippen LogP contribution < -0.4 is 9.47 Å². The largest absolute Gasteiger partial charge is 0.497 e. The fourth-order valence-electron chi connectivity index (χ4n) is 1.66. The van der Waals surface area contributed by atoms with Crippen molar-refractivity contribution < 1.29 is 14.3 Å². The number of hydrogen-bond acceptors (Lipinski definition) is 4. The standard InChI is InChI=1S/C13H12O3S/c1-15-9-3-4-10(12(7-9)16-2)11-5-6-17-13(11)8-14/h3-8H,1-2H3. The van der Waals surface area contributed by atoms with Crippen molar-refractivity contribution in [3.05, 3.63) is 34.5 Å². The molecule has 0 aliphatic heterocycles. The van der Waals surface area contributed by atoms with Crippen molar-refractivity contribution in [3.63, 3.8) is 0 Å². The van der Waals surface area contributed by atoms with Crippen molar-refractivity contribution >= 4 is 17.6 Å². The molecule has 0 amide bonds. The van der Waals surface area contributed by atoms with Gasteiger partial charge in [-0.05, 0) is 23.6 Å². The summed E-state index contributed by atoms with van der Waals surface area (Å²) in [5.74, 6) is 1.43. The van der Waals surface area contributed by atoms with Gasteiger partial charge in [0.15, 0.2) is 6.29 Å². The molecule has 0 spiro atoms. The highest BCUT2D eigenvalue weighted by Gasteiger charge is 2.12. The van der Waals surface area contributed by atoms with Crippen LogP contribution in [0.2, 0.25) is 0 Å². The number of hydrogen-bond donors (Lipinski definition) is 0. The Kier molecular flexibility index (Phi) is 3.44. The number of aldehydes is 1. The van der Waals surface area contributed by atoms with Crippen molar-refractivity contribution in [2.45, 2.75) is 0 Å². The monoisotopic (exact) mass is 248 g/mol. The zero-order valence-electron chi connectivity index (χ0n) is 9.60. The number of thiophene rings is 1. The molecule has 0 radical (unpaired) electrons. The molecule has 1 aromatic carbocycles. The highest BCUT2D eigenvalue weighted by molar-refractivity contribution is 7.12. The summed E-state index contributed by atoms with van der Waals surface area (Å²) in [4.78, 5) is 11.6. The Hall–Kier alpha value is -1.81. The quantitative estimate of drug-likeness (QED) is 0.779. The number of benzene rings is 1. The average molecular weight is 248 g/mol. The second kappa shape index (κ2) is 5.01. The van der Waals surface area contributed by atoms with Gasteiger partial charge in [-0.15, -0.1) is 11.3 Å². The Balaban J connectivity index is 2.55. The Morgan fingerprint density at radius 2 is 1.94 bits per heavy atom. The Bertz CT molecular complexity index is 531. The highest BCUT2D eigenvalue weighted by atomic mass is 32.1. The lowest BCUT2D eigenvalue weighted by atomic mass is 10.1. The van der Waals surface area contributed by atoms with Crippen LogP contribution in [0.3, 0.4) is 0 Å². The molecular formula is C13H12O3S. The van der Waals surface area contributed by atoms with Crippen LogP contribution in [0, 0.1) is 0 Å². The first kappa shape index (κ1) is 11.7. The first-order valence-electron chi connectivity index (χ1n) is 5.05. The summed E-state index contributed by atoms with van der Waals surface area (Å²) in [6.07, 6.45) is 0.865. The zero-order valence-corrected chi connectivity index (χ0v) is 10.4. The minimum absolute atomic E-state index is 0.700. The summed E-state index contributed by atoms with van der Waals surface area (Å²) in [5, 5.41) is 1.89. The molecule has 0 N–H and O–H groups in total. The molecule has 0 fully saturated rings. The van der Waals surface area contributed by atoms with Crippen LogP contribution in [-0.2, 0) is 0 Å². The van der Waals surface area contributed by atoms with Crippen LogP contribution in [0.15, 0.2) is 29.6 Å². The molecule has 0 atom stereocenters. The number of carbonyl (C=O) groups is 1. The van der Waals surface area contributed by atoms with Gasteiger partial charge in [-0.2, -0.15) is 0 Å². The molecule has 1 aromatic heterocycles. The summed E-state index contributed by atoms with van der Waals surface area (Å²) in [6, 6.07) is 7.47. The maximum absolute atomic E-state index is 10.9. The summed E-state index contributed by atoms with van der Waals surface area (Å²) < 4.78 is 10.5. The maximum Gasteiger partial charge on any atom is 0.160 e. The number of methoxy groups -OCH3 is 2. The molecular weight excluding hydrogens is 236 g/mol. The molecule has 2 rings (SSSR count). The predicted molar refractivity (Wildman–Crippen MR) is 68.2 cm³/mol. The van der Waals surface area contributed by atoms with E-state index in [1.165, 1.54) is 11.3 Å². The van der Waals surface area contributed by atoms with Gasteiger partial charge in [-0.3, -0.25) is 4.79 Å². The minimum Gasteiger partial charge on any atom is -0.497 e. The van der Waals surface area contributed by atoms with Crippen LogP contribution in [0.1, 0.15) is 9.67 Å². The van der Waals surface area contributed by atoms with Gasteiger partial charge in [0.05, 0.1) is 19.1 Å². The Morgan fingerprint density at radius 3 is 2.59 bits per heavy atom. The molecule has 3 nitrogen and oxygen atoms in total. The lowest BCUT2D eigenvalue weighted by molar-refractivity contribution is 0.112. The van der Waals surface area contributed by atoms with Gasteiger partial charge in [-0.1, -0.05) is 0 Å². The molecule has 0 bridgehead atoms. The van der Waals surface area contributed by atoms with Crippen molar-refractivity contribution in [1.29, 1.82) is 0 Å². The molecule has 2 aromatic rings. The van der Waals surface area contributed by atoms with Gasteiger partial charge in [0.25, 0.3) is 0 Å². The number of ether oxygens (including phenoxy) is 2. The van der Waals surface area contributed by atoms with Crippen molar-refractivity contribution in [1.82, 2.24) is 0 Å². The number of rotatable bonds is 4. The third-order valence-electron chi connectivity index (χ3n) is 2.50. The third-order valence-corrected chi connectivity index (χ3v) is 3.34. The molecule has 1 heterocycles. The molecule has 0 aliphatic rings. The van der Waals surface area contributed by atoms with Crippen LogP contribution in [-0.4, -0.2) is 20.5 Å². The second-order valence-corrected chi connectivity index (χ2v) is 4.33. The topological polar surface area (TPSA) is 35.5 Å². The normalized spacial score (nSPS) is 10.0. The second-order valence-electron chi connectivity index (χ2n) is 3.38. The molecule has 0 saturated heterocycles. The highest BCUT2D eigenvalue weighted by Crippen LogP contribution is 2.36. The van der Waals surface area contributed by atoms with E-state index >= 15 is 0 Å². The minimum atomic E-state index is 0.700. The van der Waals surface area contributed by atoms with Gasteiger partial charge in [0, 0.05) is 17.2 Å².